The van der Waals surface area contributed by atoms with Gasteiger partial charge in [0.1, 0.15) is 12.1 Å². The van der Waals surface area contributed by atoms with E-state index in [1.54, 1.807) is 11.0 Å². The van der Waals surface area contributed by atoms with Crippen LogP contribution in [0, 0.1) is 10.1 Å². The highest BCUT2D eigenvalue weighted by atomic mass is 16.6. The first-order valence-electron chi connectivity index (χ1n) is 8.13. The van der Waals surface area contributed by atoms with Crippen LogP contribution in [-0.2, 0) is 4.79 Å². The lowest BCUT2D eigenvalue weighted by molar-refractivity contribution is -0.384. The fourth-order valence-corrected chi connectivity index (χ4v) is 3.13. The second-order valence-corrected chi connectivity index (χ2v) is 6.07. The van der Waals surface area contributed by atoms with Crippen LogP contribution in [0.2, 0.25) is 0 Å². The zero-order chi connectivity index (χ0) is 18.1. The number of hydrogen-bond acceptors (Lipinski definition) is 6. The number of anilines is 2. The molecule has 1 amide bonds. The lowest BCUT2D eigenvalue weighted by atomic mass is 10.2. The molecule has 0 radical (unpaired) electrons. The van der Waals surface area contributed by atoms with Crippen molar-refractivity contribution in [3.8, 4) is 0 Å². The molecule has 8 heteroatoms. The molecule has 0 bridgehead atoms. The van der Waals surface area contributed by atoms with Crippen molar-refractivity contribution < 1.29 is 9.72 Å². The number of nitrogens with one attached hydrogen (secondary N) is 1. The van der Waals surface area contributed by atoms with E-state index in [2.05, 4.69) is 15.3 Å². The number of rotatable bonds is 4. The van der Waals surface area contributed by atoms with Crippen molar-refractivity contribution in [3.63, 3.8) is 0 Å². The fraction of sp³-hybridized carbons (Fsp3) is 0.167. The highest BCUT2D eigenvalue weighted by Gasteiger charge is 2.31. The van der Waals surface area contributed by atoms with Crippen molar-refractivity contribution in [1.29, 1.82) is 0 Å². The Morgan fingerprint density at radius 2 is 1.96 bits per heavy atom. The van der Waals surface area contributed by atoms with Gasteiger partial charge in [-0.25, -0.2) is 9.97 Å². The summed E-state index contributed by atoms with van der Waals surface area (Å²) in [4.78, 5) is 33.0. The van der Waals surface area contributed by atoms with E-state index in [4.69, 9.17) is 0 Å². The normalized spacial score (nSPS) is 16.8. The number of fused-ring (bicyclic) bond motifs is 1. The Kier molecular flexibility index (Phi) is 3.92. The van der Waals surface area contributed by atoms with Crippen molar-refractivity contribution in [3.05, 3.63) is 65.0 Å². The highest BCUT2D eigenvalue weighted by Crippen LogP contribution is 2.27. The van der Waals surface area contributed by atoms with Crippen LogP contribution in [0.25, 0.3) is 10.9 Å². The molecular weight excluding hydrogens is 334 g/mol. The van der Waals surface area contributed by atoms with Gasteiger partial charge >= 0.3 is 0 Å². The molecule has 0 saturated carbocycles. The minimum atomic E-state index is -0.452. The topological polar surface area (TPSA) is 101 Å². The van der Waals surface area contributed by atoms with E-state index in [0.29, 0.717) is 29.7 Å². The summed E-state index contributed by atoms with van der Waals surface area (Å²) in [6, 6.07) is 13.8. The minimum absolute atomic E-state index is 0.0243. The van der Waals surface area contributed by atoms with Gasteiger partial charge in [0.05, 0.1) is 16.5 Å². The standard InChI is InChI=1S/C18H15N5O3/c24-17-8-12(10-22(17)13-4-2-1-3-5-13)21-18-15-9-14(23(25)26)6-7-16(15)19-11-20-18/h1-7,9,11-12H,8,10H2,(H,19,20,21). The molecule has 2 heterocycles. The van der Waals surface area contributed by atoms with Crippen molar-refractivity contribution in [2.75, 3.05) is 16.8 Å². The number of carbonyl (C=O) groups excluding carboxylic acids is 1. The molecule has 1 fully saturated rings. The summed E-state index contributed by atoms with van der Waals surface area (Å²) in [5, 5.41) is 14.8. The molecule has 3 aromatic rings. The van der Waals surface area contributed by atoms with Crippen LogP contribution in [0.4, 0.5) is 17.2 Å². The van der Waals surface area contributed by atoms with E-state index in [-0.39, 0.29) is 17.6 Å². The van der Waals surface area contributed by atoms with E-state index in [1.165, 1.54) is 18.5 Å². The van der Waals surface area contributed by atoms with Gasteiger partial charge in [-0.15, -0.1) is 0 Å². The summed E-state index contributed by atoms with van der Waals surface area (Å²) in [6.07, 6.45) is 1.73. The summed E-state index contributed by atoms with van der Waals surface area (Å²) in [5.74, 6) is 0.518. The first-order valence-corrected chi connectivity index (χ1v) is 8.13. The Balaban J connectivity index is 1.61. The number of para-hydroxylation sites is 1. The summed E-state index contributed by atoms with van der Waals surface area (Å²) in [5.41, 5.74) is 1.44. The van der Waals surface area contributed by atoms with E-state index in [0.717, 1.165) is 5.69 Å². The second kappa shape index (κ2) is 6.40. The molecule has 2 aromatic carbocycles. The molecule has 8 nitrogen and oxygen atoms in total. The SMILES string of the molecule is O=C1CC(Nc2ncnc3ccc([N+](=O)[O-])cc23)CN1c1ccccc1. The molecule has 0 spiro atoms. The number of nitro benzene ring substituents is 1. The molecule has 1 N–H and O–H groups in total. The van der Waals surface area contributed by atoms with Gasteiger partial charge in [-0.3, -0.25) is 14.9 Å². The lowest BCUT2D eigenvalue weighted by Crippen LogP contribution is -2.27. The zero-order valence-corrected chi connectivity index (χ0v) is 13.7. The zero-order valence-electron chi connectivity index (χ0n) is 13.7. The Bertz CT molecular complexity index is 993. The van der Waals surface area contributed by atoms with Gasteiger partial charge in [-0.1, -0.05) is 18.2 Å². The minimum Gasteiger partial charge on any atom is -0.364 e. The smallest absolute Gasteiger partial charge is 0.270 e. The number of nitro groups is 1. The molecule has 0 aliphatic carbocycles. The van der Waals surface area contributed by atoms with Crippen LogP contribution < -0.4 is 10.2 Å². The third-order valence-electron chi connectivity index (χ3n) is 4.36. The maximum absolute atomic E-state index is 12.3. The van der Waals surface area contributed by atoms with Gasteiger partial charge in [0, 0.05) is 36.2 Å². The van der Waals surface area contributed by atoms with Crippen LogP contribution in [0.15, 0.2) is 54.9 Å². The number of carbonyl (C=O) groups is 1. The van der Waals surface area contributed by atoms with Gasteiger partial charge in [-0.05, 0) is 18.2 Å². The predicted octanol–water partition coefficient (Wildman–Crippen LogP) is 2.76. The number of amides is 1. The molecule has 1 atom stereocenters. The molecule has 1 saturated heterocycles. The number of hydrogen-bond donors (Lipinski definition) is 1. The average molecular weight is 349 g/mol. The van der Waals surface area contributed by atoms with Gasteiger partial charge in [-0.2, -0.15) is 0 Å². The van der Waals surface area contributed by atoms with Gasteiger partial charge in [0.25, 0.3) is 5.69 Å². The van der Waals surface area contributed by atoms with Crippen molar-refractivity contribution in [2.45, 2.75) is 12.5 Å². The van der Waals surface area contributed by atoms with Crippen LogP contribution in [0.3, 0.4) is 0 Å². The number of non-ortho nitro benzene ring substituents is 1. The van der Waals surface area contributed by atoms with Crippen LogP contribution in [0.1, 0.15) is 6.42 Å². The average Bonchev–Trinajstić information content (AvgIpc) is 3.02. The Morgan fingerprint density at radius 3 is 2.73 bits per heavy atom. The monoisotopic (exact) mass is 349 g/mol. The van der Waals surface area contributed by atoms with Crippen LogP contribution in [-0.4, -0.2) is 33.4 Å². The van der Waals surface area contributed by atoms with E-state index < -0.39 is 4.92 Å². The third-order valence-corrected chi connectivity index (χ3v) is 4.36. The summed E-state index contributed by atoms with van der Waals surface area (Å²) < 4.78 is 0. The molecule has 130 valence electrons. The summed E-state index contributed by atoms with van der Waals surface area (Å²) >= 11 is 0. The Morgan fingerprint density at radius 1 is 1.15 bits per heavy atom. The molecule has 1 aliphatic heterocycles. The maximum atomic E-state index is 12.3. The fourth-order valence-electron chi connectivity index (χ4n) is 3.13. The molecule has 26 heavy (non-hydrogen) atoms. The third kappa shape index (κ3) is 2.92. The van der Waals surface area contributed by atoms with Gasteiger partial charge in [0.2, 0.25) is 5.91 Å². The summed E-state index contributed by atoms with van der Waals surface area (Å²) in [7, 11) is 0. The van der Waals surface area contributed by atoms with Crippen molar-refractivity contribution in [2.24, 2.45) is 0 Å². The second-order valence-electron chi connectivity index (χ2n) is 6.07. The molecule has 1 unspecified atom stereocenters. The van der Waals surface area contributed by atoms with Crippen LogP contribution >= 0.6 is 0 Å². The van der Waals surface area contributed by atoms with Crippen LogP contribution in [0.5, 0.6) is 0 Å². The van der Waals surface area contributed by atoms with Gasteiger partial charge in [0.15, 0.2) is 0 Å². The molecule has 1 aliphatic rings. The van der Waals surface area contributed by atoms with E-state index in [9.17, 15) is 14.9 Å². The first-order chi connectivity index (χ1) is 12.6. The van der Waals surface area contributed by atoms with E-state index in [1.807, 2.05) is 30.3 Å². The molecule has 1 aromatic heterocycles. The van der Waals surface area contributed by atoms with E-state index >= 15 is 0 Å². The van der Waals surface area contributed by atoms with Crippen molar-refractivity contribution in [1.82, 2.24) is 9.97 Å². The van der Waals surface area contributed by atoms with Crippen molar-refractivity contribution >= 4 is 34.0 Å². The molecule has 4 rings (SSSR count). The highest BCUT2D eigenvalue weighted by molar-refractivity contribution is 5.97. The predicted molar refractivity (Wildman–Crippen MR) is 97.0 cm³/mol. The number of aromatic nitrogens is 2. The molecular formula is C18H15N5O3. The largest absolute Gasteiger partial charge is 0.364 e. The Labute approximate surface area is 148 Å². The van der Waals surface area contributed by atoms with Gasteiger partial charge < -0.3 is 10.2 Å². The quantitative estimate of drug-likeness (QED) is 0.574. The number of nitrogens with zero attached hydrogens (tertiary/aromatic N) is 4. The lowest BCUT2D eigenvalue weighted by Gasteiger charge is -2.17. The first kappa shape index (κ1) is 15.9. The Hall–Kier alpha value is -3.55. The maximum Gasteiger partial charge on any atom is 0.270 e. The number of benzene rings is 2. The summed E-state index contributed by atoms with van der Waals surface area (Å²) in [6.45, 7) is 0.503.